The molecular formula is C18H26N2O6S. The van der Waals surface area contributed by atoms with Gasteiger partial charge in [-0.05, 0) is 38.0 Å². The molecule has 0 unspecified atom stereocenters. The topological polar surface area (TPSA) is 102 Å². The van der Waals surface area contributed by atoms with Crippen molar-refractivity contribution in [2.75, 3.05) is 32.1 Å². The fourth-order valence-corrected chi connectivity index (χ4v) is 4.42. The van der Waals surface area contributed by atoms with Gasteiger partial charge in [-0.1, -0.05) is 6.92 Å². The Morgan fingerprint density at radius 3 is 2.44 bits per heavy atom. The lowest BCUT2D eigenvalue weighted by Gasteiger charge is -2.30. The van der Waals surface area contributed by atoms with Gasteiger partial charge in [-0.3, -0.25) is 9.59 Å². The fourth-order valence-electron chi connectivity index (χ4n) is 2.92. The fraction of sp³-hybridized carbons (Fsp3) is 0.556. The summed E-state index contributed by atoms with van der Waals surface area (Å²) in [6.07, 6.45) is 1.11. The van der Waals surface area contributed by atoms with Gasteiger partial charge in [-0.25, -0.2) is 8.42 Å². The van der Waals surface area contributed by atoms with Gasteiger partial charge in [-0.15, -0.1) is 0 Å². The van der Waals surface area contributed by atoms with Crippen molar-refractivity contribution in [1.29, 1.82) is 0 Å². The van der Waals surface area contributed by atoms with Crippen molar-refractivity contribution in [3.8, 4) is 5.75 Å². The van der Waals surface area contributed by atoms with Crippen LogP contribution in [-0.4, -0.2) is 51.4 Å². The number of rotatable bonds is 7. The molecule has 1 aromatic rings. The number of benzene rings is 1. The molecule has 0 aliphatic carbocycles. The molecule has 0 bridgehead atoms. The number of anilines is 1. The summed E-state index contributed by atoms with van der Waals surface area (Å²) in [5.41, 5.74) is 0.312. The van der Waals surface area contributed by atoms with E-state index in [4.69, 9.17) is 9.47 Å². The predicted octanol–water partition coefficient (Wildman–Crippen LogP) is 2.01. The monoisotopic (exact) mass is 398 g/mol. The summed E-state index contributed by atoms with van der Waals surface area (Å²) in [6, 6.07) is 4.37. The van der Waals surface area contributed by atoms with E-state index in [2.05, 4.69) is 5.32 Å². The first-order chi connectivity index (χ1) is 12.8. The molecule has 1 aromatic carbocycles. The molecular weight excluding hydrogens is 372 g/mol. The van der Waals surface area contributed by atoms with E-state index in [9.17, 15) is 18.0 Å². The van der Waals surface area contributed by atoms with Crippen molar-refractivity contribution >= 4 is 27.6 Å². The smallest absolute Gasteiger partial charge is 0.309 e. The molecule has 150 valence electrons. The van der Waals surface area contributed by atoms with Gasteiger partial charge in [0.15, 0.2) is 0 Å². The zero-order valence-corrected chi connectivity index (χ0v) is 16.7. The minimum atomic E-state index is -3.74. The van der Waals surface area contributed by atoms with E-state index in [1.807, 2.05) is 0 Å². The molecule has 1 heterocycles. The molecule has 1 amide bonds. The van der Waals surface area contributed by atoms with Crippen molar-refractivity contribution in [3.63, 3.8) is 0 Å². The van der Waals surface area contributed by atoms with Crippen LogP contribution < -0.4 is 10.1 Å². The van der Waals surface area contributed by atoms with Gasteiger partial charge in [0, 0.05) is 19.5 Å². The molecule has 1 N–H and O–H groups in total. The number of esters is 1. The number of nitrogens with one attached hydrogen (secondary N) is 1. The quantitative estimate of drug-likeness (QED) is 0.705. The molecule has 0 atom stereocenters. The Morgan fingerprint density at radius 2 is 1.89 bits per heavy atom. The van der Waals surface area contributed by atoms with E-state index in [1.54, 1.807) is 13.8 Å². The van der Waals surface area contributed by atoms with Gasteiger partial charge in [0.1, 0.15) is 5.75 Å². The molecule has 1 aliphatic heterocycles. The zero-order chi connectivity index (χ0) is 20.0. The van der Waals surface area contributed by atoms with Gasteiger partial charge in [0.05, 0.1) is 30.2 Å². The lowest BCUT2D eigenvalue weighted by Crippen LogP contribution is -2.40. The van der Waals surface area contributed by atoms with Crippen LogP contribution in [0.2, 0.25) is 0 Å². The molecule has 0 spiro atoms. The van der Waals surface area contributed by atoms with Crippen LogP contribution in [0.5, 0.6) is 5.75 Å². The Morgan fingerprint density at radius 1 is 1.22 bits per heavy atom. The van der Waals surface area contributed by atoms with E-state index in [1.165, 1.54) is 29.6 Å². The summed E-state index contributed by atoms with van der Waals surface area (Å²) in [5, 5.41) is 2.65. The summed E-state index contributed by atoms with van der Waals surface area (Å²) in [7, 11) is -2.29. The second kappa shape index (κ2) is 9.18. The lowest BCUT2D eigenvalue weighted by atomic mass is 9.98. The van der Waals surface area contributed by atoms with Gasteiger partial charge in [0.25, 0.3) is 0 Å². The van der Waals surface area contributed by atoms with Crippen molar-refractivity contribution < 1.29 is 27.5 Å². The second-order valence-corrected chi connectivity index (χ2v) is 8.13. The molecule has 1 saturated heterocycles. The standard InChI is InChI=1S/C18H26N2O6S/c1-4-17(21)19-15-12-14(6-7-16(15)25-3)27(23,24)20-10-8-13(9-11-20)18(22)26-5-2/h6-7,12-13H,4-5,8-11H2,1-3H3,(H,19,21). The van der Waals surface area contributed by atoms with Gasteiger partial charge < -0.3 is 14.8 Å². The molecule has 1 aliphatic rings. The number of sulfonamides is 1. The van der Waals surface area contributed by atoms with Gasteiger partial charge in [-0.2, -0.15) is 4.31 Å². The van der Waals surface area contributed by atoms with Gasteiger partial charge in [0.2, 0.25) is 15.9 Å². The minimum Gasteiger partial charge on any atom is -0.495 e. The van der Waals surface area contributed by atoms with Crippen LogP contribution in [0.25, 0.3) is 0 Å². The average Bonchev–Trinajstić information content (AvgIpc) is 2.68. The minimum absolute atomic E-state index is 0.0734. The third-order valence-corrected chi connectivity index (χ3v) is 6.37. The second-order valence-electron chi connectivity index (χ2n) is 6.19. The Kier molecular flexibility index (Phi) is 7.20. The maximum atomic E-state index is 13.0. The van der Waals surface area contributed by atoms with E-state index < -0.39 is 10.0 Å². The predicted molar refractivity (Wildman–Crippen MR) is 100 cm³/mol. The van der Waals surface area contributed by atoms with Gasteiger partial charge >= 0.3 is 5.97 Å². The van der Waals surface area contributed by atoms with Crippen molar-refractivity contribution in [2.24, 2.45) is 5.92 Å². The number of ether oxygens (including phenoxy) is 2. The van der Waals surface area contributed by atoms with Crippen molar-refractivity contribution in [3.05, 3.63) is 18.2 Å². The highest BCUT2D eigenvalue weighted by Gasteiger charge is 2.33. The normalized spacial score (nSPS) is 16.0. The maximum absolute atomic E-state index is 13.0. The third kappa shape index (κ3) is 4.98. The summed E-state index contributed by atoms with van der Waals surface area (Å²) in [5.74, 6) is -0.398. The van der Waals surface area contributed by atoms with Crippen LogP contribution in [0.15, 0.2) is 23.1 Å². The summed E-state index contributed by atoms with van der Waals surface area (Å²) < 4.78 is 37.5. The summed E-state index contributed by atoms with van der Waals surface area (Å²) >= 11 is 0. The molecule has 0 radical (unpaired) electrons. The first kappa shape index (κ1) is 21.2. The summed E-state index contributed by atoms with van der Waals surface area (Å²) in [4.78, 5) is 23.6. The van der Waals surface area contributed by atoms with E-state index in [-0.39, 0.29) is 42.2 Å². The Balaban J connectivity index is 2.18. The van der Waals surface area contributed by atoms with Crippen molar-refractivity contribution in [2.45, 2.75) is 38.0 Å². The highest BCUT2D eigenvalue weighted by atomic mass is 32.2. The number of amides is 1. The number of hydrogen-bond acceptors (Lipinski definition) is 6. The largest absolute Gasteiger partial charge is 0.495 e. The number of nitrogens with zero attached hydrogens (tertiary/aromatic N) is 1. The first-order valence-corrected chi connectivity index (χ1v) is 10.4. The van der Waals surface area contributed by atoms with Crippen LogP contribution >= 0.6 is 0 Å². The Bertz CT molecular complexity index is 785. The highest BCUT2D eigenvalue weighted by molar-refractivity contribution is 7.89. The van der Waals surface area contributed by atoms with Crippen molar-refractivity contribution in [1.82, 2.24) is 4.31 Å². The molecule has 1 fully saturated rings. The highest BCUT2D eigenvalue weighted by Crippen LogP contribution is 2.31. The van der Waals surface area contributed by atoms with Crippen LogP contribution in [-0.2, 0) is 24.3 Å². The van der Waals surface area contributed by atoms with Crippen LogP contribution in [0.4, 0.5) is 5.69 Å². The zero-order valence-electron chi connectivity index (χ0n) is 15.9. The van der Waals surface area contributed by atoms with Crippen LogP contribution in [0, 0.1) is 5.92 Å². The van der Waals surface area contributed by atoms with E-state index >= 15 is 0 Å². The Hall–Kier alpha value is -2.13. The number of carbonyl (C=O) groups excluding carboxylic acids is 2. The van der Waals surface area contributed by atoms with E-state index in [0.717, 1.165) is 0 Å². The first-order valence-electron chi connectivity index (χ1n) is 8.98. The van der Waals surface area contributed by atoms with Crippen LogP contribution in [0.3, 0.4) is 0 Å². The molecule has 0 saturated carbocycles. The molecule has 9 heteroatoms. The molecule has 0 aromatic heterocycles. The number of hydrogen-bond donors (Lipinski definition) is 1. The van der Waals surface area contributed by atoms with Crippen LogP contribution in [0.1, 0.15) is 33.1 Å². The molecule has 27 heavy (non-hydrogen) atoms. The molecule has 2 rings (SSSR count). The maximum Gasteiger partial charge on any atom is 0.309 e. The lowest BCUT2D eigenvalue weighted by molar-refractivity contribution is -0.149. The SMILES string of the molecule is CCOC(=O)C1CCN(S(=O)(=O)c2ccc(OC)c(NC(=O)CC)c2)CC1. The third-order valence-electron chi connectivity index (χ3n) is 4.48. The average molecular weight is 398 g/mol. The number of carbonyl (C=O) groups is 2. The van der Waals surface area contributed by atoms with E-state index in [0.29, 0.717) is 30.9 Å². The number of methoxy groups -OCH3 is 1. The molecule has 8 nitrogen and oxygen atoms in total. The summed E-state index contributed by atoms with van der Waals surface area (Å²) in [6.45, 7) is 4.25. The Labute approximate surface area is 159 Å². The number of piperidine rings is 1.